The van der Waals surface area contributed by atoms with E-state index in [9.17, 15) is 4.39 Å². The molecule has 0 radical (unpaired) electrons. The number of methoxy groups -OCH3 is 1. The van der Waals surface area contributed by atoms with E-state index in [1.165, 1.54) is 6.07 Å². The lowest BCUT2D eigenvalue weighted by Crippen LogP contribution is -2.23. The molecule has 0 saturated carbocycles. The molecule has 0 spiro atoms. The molecule has 1 aromatic carbocycles. The first-order chi connectivity index (χ1) is 14.3. The van der Waals surface area contributed by atoms with Gasteiger partial charge in [-0.1, -0.05) is 23.4 Å². The second-order valence-electron chi connectivity index (χ2n) is 6.87. The van der Waals surface area contributed by atoms with E-state index in [1.807, 2.05) is 18.2 Å². The summed E-state index contributed by atoms with van der Waals surface area (Å²) in [6.45, 7) is 2.20. The van der Waals surface area contributed by atoms with Crippen molar-refractivity contribution in [2.45, 2.75) is 25.4 Å². The lowest BCUT2D eigenvalue weighted by molar-refractivity contribution is 0.144. The van der Waals surface area contributed by atoms with E-state index in [-0.39, 0.29) is 11.9 Å². The van der Waals surface area contributed by atoms with Crippen LogP contribution in [0.2, 0.25) is 0 Å². The molecule has 1 aliphatic rings. The molecular weight excluding hydrogens is 375 g/mol. The molecule has 4 rings (SSSR count). The number of nitrogens with zero attached hydrogens (tertiary/aromatic N) is 4. The maximum atomic E-state index is 14.1. The van der Waals surface area contributed by atoms with Crippen LogP contribution in [-0.2, 0) is 11.3 Å². The fraction of sp³-hybridized carbons (Fsp3) is 0.381. The molecule has 1 aliphatic heterocycles. The fourth-order valence-electron chi connectivity index (χ4n) is 3.52. The first kappa shape index (κ1) is 19.5. The average Bonchev–Trinajstić information content (AvgIpc) is 3.40. The van der Waals surface area contributed by atoms with Gasteiger partial charge in [0.1, 0.15) is 12.4 Å². The minimum absolute atomic E-state index is 0.0367. The van der Waals surface area contributed by atoms with Gasteiger partial charge in [0.2, 0.25) is 17.6 Å². The number of rotatable bonds is 8. The van der Waals surface area contributed by atoms with E-state index < -0.39 is 0 Å². The highest BCUT2D eigenvalue weighted by molar-refractivity contribution is 5.60. The molecule has 0 N–H and O–H groups in total. The molecule has 1 fully saturated rings. The Labute approximate surface area is 168 Å². The molecule has 0 aliphatic carbocycles. The van der Waals surface area contributed by atoms with Gasteiger partial charge >= 0.3 is 0 Å². The van der Waals surface area contributed by atoms with Crippen molar-refractivity contribution in [1.29, 1.82) is 0 Å². The van der Waals surface area contributed by atoms with Crippen LogP contribution in [0.3, 0.4) is 0 Å². The van der Waals surface area contributed by atoms with Crippen molar-refractivity contribution >= 4 is 0 Å². The molecule has 1 atom stereocenters. The molecule has 0 amide bonds. The Morgan fingerprint density at radius 3 is 2.97 bits per heavy atom. The normalized spacial score (nSPS) is 17.0. The third kappa shape index (κ3) is 4.44. The topological polar surface area (TPSA) is 73.5 Å². The Bertz CT molecular complexity index is 949. The number of hydrogen-bond acceptors (Lipinski definition) is 7. The number of benzene rings is 1. The second-order valence-corrected chi connectivity index (χ2v) is 6.87. The maximum Gasteiger partial charge on any atom is 0.244 e. The number of pyridine rings is 1. The summed E-state index contributed by atoms with van der Waals surface area (Å²) in [5.41, 5.74) is 1.33. The molecule has 3 heterocycles. The van der Waals surface area contributed by atoms with Gasteiger partial charge in [-0.25, -0.2) is 9.37 Å². The van der Waals surface area contributed by atoms with Gasteiger partial charge in [0.15, 0.2) is 0 Å². The summed E-state index contributed by atoms with van der Waals surface area (Å²) in [6, 6.07) is 10.4. The van der Waals surface area contributed by atoms with E-state index in [1.54, 1.807) is 25.4 Å². The SMILES string of the molecule is COCCOc1ncccc1-c1noc([C@@H]2CCCN2Cc2ccccc2F)n1. The predicted molar refractivity (Wildman–Crippen MR) is 104 cm³/mol. The molecule has 29 heavy (non-hydrogen) atoms. The smallest absolute Gasteiger partial charge is 0.244 e. The Kier molecular flexibility index (Phi) is 6.12. The number of aromatic nitrogens is 3. The van der Waals surface area contributed by atoms with Gasteiger partial charge in [-0.3, -0.25) is 4.90 Å². The Hall–Kier alpha value is -2.84. The zero-order valence-electron chi connectivity index (χ0n) is 16.3. The van der Waals surface area contributed by atoms with Crippen LogP contribution >= 0.6 is 0 Å². The predicted octanol–water partition coefficient (Wildman–Crippen LogP) is 3.63. The molecular formula is C21H23FN4O3. The standard InChI is InChI=1S/C21H23FN4O3/c1-27-12-13-28-20-16(7-4-10-23-20)19-24-21(29-25-19)18-9-5-11-26(18)14-15-6-2-3-8-17(15)22/h2-4,6-8,10,18H,5,9,11-14H2,1H3/t18-/m0/s1. The van der Waals surface area contributed by atoms with Crippen molar-refractivity contribution in [3.63, 3.8) is 0 Å². The summed E-state index contributed by atoms with van der Waals surface area (Å²) < 4.78 is 30.3. The van der Waals surface area contributed by atoms with Crippen LogP contribution < -0.4 is 4.74 Å². The van der Waals surface area contributed by atoms with Gasteiger partial charge in [-0.15, -0.1) is 0 Å². The largest absolute Gasteiger partial charge is 0.475 e. The summed E-state index contributed by atoms with van der Waals surface area (Å²) >= 11 is 0. The fourth-order valence-corrected chi connectivity index (χ4v) is 3.52. The molecule has 2 aromatic heterocycles. The molecule has 1 saturated heterocycles. The van der Waals surface area contributed by atoms with Crippen LogP contribution in [0.4, 0.5) is 4.39 Å². The van der Waals surface area contributed by atoms with Crippen molar-refractivity contribution in [1.82, 2.24) is 20.0 Å². The third-order valence-corrected chi connectivity index (χ3v) is 4.96. The Morgan fingerprint density at radius 1 is 1.21 bits per heavy atom. The van der Waals surface area contributed by atoms with Crippen LogP contribution in [0, 0.1) is 5.82 Å². The zero-order valence-corrected chi connectivity index (χ0v) is 16.3. The maximum absolute atomic E-state index is 14.1. The highest BCUT2D eigenvalue weighted by Gasteiger charge is 2.31. The van der Waals surface area contributed by atoms with Crippen LogP contribution in [0.25, 0.3) is 11.4 Å². The van der Waals surface area contributed by atoms with Crippen LogP contribution in [0.15, 0.2) is 47.1 Å². The molecule has 0 bridgehead atoms. The summed E-state index contributed by atoms with van der Waals surface area (Å²) in [5.74, 6) is 1.20. The number of halogens is 1. The highest BCUT2D eigenvalue weighted by Crippen LogP contribution is 2.34. The van der Waals surface area contributed by atoms with Crippen LogP contribution in [0.1, 0.15) is 30.3 Å². The first-order valence-electron chi connectivity index (χ1n) is 9.64. The Morgan fingerprint density at radius 2 is 2.10 bits per heavy atom. The molecule has 8 heteroatoms. The van der Waals surface area contributed by atoms with Gasteiger partial charge in [0.25, 0.3) is 0 Å². The van der Waals surface area contributed by atoms with E-state index in [4.69, 9.17) is 14.0 Å². The van der Waals surface area contributed by atoms with E-state index in [0.29, 0.717) is 48.5 Å². The van der Waals surface area contributed by atoms with Gasteiger partial charge in [0.05, 0.1) is 18.2 Å². The van der Waals surface area contributed by atoms with E-state index in [0.717, 1.165) is 19.4 Å². The monoisotopic (exact) mass is 398 g/mol. The second kappa shape index (κ2) is 9.11. The van der Waals surface area contributed by atoms with Gasteiger partial charge < -0.3 is 14.0 Å². The van der Waals surface area contributed by atoms with Crippen molar-refractivity contribution in [3.8, 4) is 17.3 Å². The first-order valence-corrected chi connectivity index (χ1v) is 9.64. The van der Waals surface area contributed by atoms with Crippen molar-refractivity contribution in [2.75, 3.05) is 26.9 Å². The highest BCUT2D eigenvalue weighted by atomic mass is 19.1. The van der Waals surface area contributed by atoms with Crippen LogP contribution in [0.5, 0.6) is 5.88 Å². The summed E-state index contributed by atoms with van der Waals surface area (Å²) in [5, 5.41) is 4.14. The summed E-state index contributed by atoms with van der Waals surface area (Å²) in [6.07, 6.45) is 3.54. The van der Waals surface area contributed by atoms with Gasteiger partial charge in [-0.2, -0.15) is 4.98 Å². The minimum Gasteiger partial charge on any atom is -0.475 e. The number of hydrogen-bond donors (Lipinski definition) is 0. The lowest BCUT2D eigenvalue weighted by atomic mass is 10.1. The molecule has 7 nitrogen and oxygen atoms in total. The number of ether oxygens (including phenoxy) is 2. The molecule has 152 valence electrons. The number of likely N-dealkylation sites (tertiary alicyclic amines) is 1. The molecule has 3 aromatic rings. The summed E-state index contributed by atoms with van der Waals surface area (Å²) in [7, 11) is 1.61. The quantitative estimate of drug-likeness (QED) is 0.537. The molecule has 0 unspecified atom stereocenters. The van der Waals surface area contributed by atoms with Gasteiger partial charge in [0, 0.05) is 25.4 Å². The van der Waals surface area contributed by atoms with Crippen molar-refractivity contribution in [2.24, 2.45) is 0 Å². The van der Waals surface area contributed by atoms with E-state index in [2.05, 4.69) is 20.0 Å². The van der Waals surface area contributed by atoms with Crippen molar-refractivity contribution in [3.05, 3.63) is 59.9 Å². The zero-order chi connectivity index (χ0) is 20.1. The third-order valence-electron chi connectivity index (χ3n) is 4.96. The summed E-state index contributed by atoms with van der Waals surface area (Å²) in [4.78, 5) is 11.0. The van der Waals surface area contributed by atoms with E-state index >= 15 is 0 Å². The minimum atomic E-state index is -0.197. The lowest BCUT2D eigenvalue weighted by Gasteiger charge is -2.21. The average molecular weight is 398 g/mol. The van der Waals surface area contributed by atoms with Crippen molar-refractivity contribution < 1.29 is 18.4 Å². The van der Waals surface area contributed by atoms with Gasteiger partial charge in [-0.05, 0) is 37.6 Å². The Balaban J connectivity index is 1.52. The van der Waals surface area contributed by atoms with Crippen LogP contribution in [-0.4, -0.2) is 46.9 Å².